The molecule has 0 radical (unpaired) electrons. The Bertz CT molecular complexity index is 661. The van der Waals surface area contributed by atoms with Gasteiger partial charge in [0.15, 0.2) is 0 Å². The predicted molar refractivity (Wildman–Crippen MR) is 67.2 cm³/mol. The van der Waals surface area contributed by atoms with Crippen LogP contribution in [0.2, 0.25) is 0 Å². The van der Waals surface area contributed by atoms with Gasteiger partial charge in [0.2, 0.25) is 0 Å². The molecule has 2 aromatic rings. The molecular formula is C13H13F3N2O2. The first-order chi connectivity index (χ1) is 9.25. The molecule has 108 valence electrons. The molecule has 0 fully saturated rings. The zero-order valence-electron chi connectivity index (χ0n) is 10.6. The molecule has 0 bridgehead atoms. The van der Waals surface area contributed by atoms with Crippen molar-refractivity contribution in [3.05, 3.63) is 35.5 Å². The summed E-state index contributed by atoms with van der Waals surface area (Å²) in [7, 11) is 0. The summed E-state index contributed by atoms with van der Waals surface area (Å²) in [5.74, 6) is -1.22. The lowest BCUT2D eigenvalue weighted by atomic mass is 10.1. The molecule has 20 heavy (non-hydrogen) atoms. The maximum absolute atomic E-state index is 12.7. The fraction of sp³-hybridized carbons (Fsp3) is 0.308. The minimum absolute atomic E-state index is 0.308. The fourth-order valence-corrected chi connectivity index (χ4v) is 2.14. The van der Waals surface area contributed by atoms with Crippen molar-refractivity contribution in [1.29, 1.82) is 0 Å². The van der Waals surface area contributed by atoms with Crippen LogP contribution in [-0.2, 0) is 17.5 Å². The summed E-state index contributed by atoms with van der Waals surface area (Å²) in [4.78, 5) is 11.0. The highest BCUT2D eigenvalue weighted by atomic mass is 19.4. The molecule has 4 nitrogen and oxygen atoms in total. The number of alkyl halides is 3. The molecule has 1 atom stereocenters. The molecule has 0 aliphatic carbocycles. The normalized spacial score (nSPS) is 13.7. The third-order valence-corrected chi connectivity index (χ3v) is 3.18. The number of aliphatic carboxylic acids is 1. The van der Waals surface area contributed by atoms with E-state index in [2.05, 4.69) is 0 Å². The lowest BCUT2D eigenvalue weighted by Gasteiger charge is -2.08. The van der Waals surface area contributed by atoms with Crippen LogP contribution in [0.25, 0.3) is 10.9 Å². The lowest BCUT2D eigenvalue weighted by Crippen LogP contribution is -2.20. The van der Waals surface area contributed by atoms with Crippen molar-refractivity contribution in [3.8, 4) is 0 Å². The number of carboxylic acids is 1. The summed E-state index contributed by atoms with van der Waals surface area (Å²) < 4.78 is 39.7. The Balaban J connectivity index is 2.68. The van der Waals surface area contributed by atoms with Crippen molar-refractivity contribution < 1.29 is 23.1 Å². The number of carboxylic acid groups (broad SMARTS) is 1. The standard InChI is InChI=1S/C13H13F3N2O2/c1-2-18-6-9(11(17)12(19)20)8-4-3-7(5-10(8)18)13(14,15)16/h3-6,11H,2,17H2,1H3,(H,19,20). The molecule has 3 N–H and O–H groups in total. The Kier molecular flexibility index (Phi) is 3.47. The van der Waals surface area contributed by atoms with Crippen molar-refractivity contribution in [2.24, 2.45) is 5.73 Å². The van der Waals surface area contributed by atoms with E-state index in [1.165, 1.54) is 12.3 Å². The number of aryl methyl sites for hydroxylation is 1. The van der Waals surface area contributed by atoms with E-state index >= 15 is 0 Å². The first-order valence-electron chi connectivity index (χ1n) is 5.94. The predicted octanol–water partition coefficient (Wildman–Crippen LogP) is 2.76. The van der Waals surface area contributed by atoms with E-state index in [4.69, 9.17) is 10.8 Å². The smallest absolute Gasteiger partial charge is 0.416 e. The highest BCUT2D eigenvalue weighted by Crippen LogP contribution is 2.34. The molecule has 0 aliphatic rings. The van der Waals surface area contributed by atoms with Gasteiger partial charge in [-0.3, -0.25) is 4.79 Å². The third-order valence-electron chi connectivity index (χ3n) is 3.18. The zero-order valence-corrected chi connectivity index (χ0v) is 10.6. The van der Waals surface area contributed by atoms with E-state index in [1.54, 1.807) is 11.5 Å². The van der Waals surface area contributed by atoms with E-state index in [0.717, 1.165) is 12.1 Å². The second-order valence-corrected chi connectivity index (χ2v) is 4.42. The number of carbonyl (C=O) groups is 1. The number of nitrogens with zero attached hydrogens (tertiary/aromatic N) is 1. The minimum atomic E-state index is -4.44. The lowest BCUT2D eigenvalue weighted by molar-refractivity contribution is -0.139. The second kappa shape index (κ2) is 4.82. The number of benzene rings is 1. The largest absolute Gasteiger partial charge is 0.480 e. The number of rotatable bonds is 3. The number of fused-ring (bicyclic) bond motifs is 1. The van der Waals surface area contributed by atoms with Gasteiger partial charge in [-0.15, -0.1) is 0 Å². The molecule has 0 spiro atoms. The molecule has 1 aromatic heterocycles. The van der Waals surface area contributed by atoms with Gasteiger partial charge >= 0.3 is 12.1 Å². The van der Waals surface area contributed by atoms with Crippen LogP contribution in [0.5, 0.6) is 0 Å². The quantitative estimate of drug-likeness (QED) is 0.911. The van der Waals surface area contributed by atoms with Gasteiger partial charge in [0.25, 0.3) is 0 Å². The first-order valence-corrected chi connectivity index (χ1v) is 5.94. The van der Waals surface area contributed by atoms with E-state index in [9.17, 15) is 18.0 Å². The van der Waals surface area contributed by atoms with E-state index in [0.29, 0.717) is 23.0 Å². The van der Waals surface area contributed by atoms with Gasteiger partial charge in [-0.2, -0.15) is 13.2 Å². The fourth-order valence-electron chi connectivity index (χ4n) is 2.14. The van der Waals surface area contributed by atoms with Crippen LogP contribution in [0.15, 0.2) is 24.4 Å². The summed E-state index contributed by atoms with van der Waals surface area (Å²) in [6, 6.07) is 1.95. The Morgan fingerprint density at radius 3 is 2.60 bits per heavy atom. The van der Waals surface area contributed by atoms with Crippen molar-refractivity contribution in [1.82, 2.24) is 4.57 Å². The van der Waals surface area contributed by atoms with Crippen LogP contribution in [0.3, 0.4) is 0 Å². The van der Waals surface area contributed by atoms with Crippen LogP contribution in [-0.4, -0.2) is 15.6 Å². The third kappa shape index (κ3) is 2.36. The number of hydrogen-bond acceptors (Lipinski definition) is 2. The average molecular weight is 286 g/mol. The van der Waals surface area contributed by atoms with Gasteiger partial charge in [-0.1, -0.05) is 6.07 Å². The molecule has 7 heteroatoms. The molecular weight excluding hydrogens is 273 g/mol. The Morgan fingerprint density at radius 2 is 2.10 bits per heavy atom. The maximum Gasteiger partial charge on any atom is 0.416 e. The molecule has 0 saturated heterocycles. The Morgan fingerprint density at radius 1 is 1.45 bits per heavy atom. The summed E-state index contributed by atoms with van der Waals surface area (Å²) >= 11 is 0. The Labute approximate surface area is 112 Å². The summed E-state index contributed by atoms with van der Waals surface area (Å²) in [5, 5.41) is 9.37. The van der Waals surface area contributed by atoms with Gasteiger partial charge in [0, 0.05) is 29.2 Å². The van der Waals surface area contributed by atoms with E-state index in [-0.39, 0.29) is 0 Å². The highest BCUT2D eigenvalue weighted by Gasteiger charge is 2.31. The van der Waals surface area contributed by atoms with Gasteiger partial charge in [-0.25, -0.2) is 0 Å². The molecule has 1 unspecified atom stereocenters. The number of hydrogen-bond donors (Lipinski definition) is 2. The van der Waals surface area contributed by atoms with Crippen LogP contribution in [0.1, 0.15) is 24.1 Å². The number of nitrogens with two attached hydrogens (primary N) is 1. The summed E-state index contributed by atoms with van der Waals surface area (Å²) in [5.41, 5.74) is 5.43. The molecule has 0 aliphatic heterocycles. The van der Waals surface area contributed by atoms with Crippen LogP contribution in [0, 0.1) is 0 Å². The van der Waals surface area contributed by atoms with Crippen molar-refractivity contribution in [2.45, 2.75) is 25.7 Å². The van der Waals surface area contributed by atoms with Crippen LogP contribution < -0.4 is 5.73 Å². The molecule has 1 aromatic carbocycles. The van der Waals surface area contributed by atoms with Gasteiger partial charge in [-0.05, 0) is 19.1 Å². The molecule has 1 heterocycles. The molecule has 0 amide bonds. The maximum atomic E-state index is 12.7. The highest BCUT2D eigenvalue weighted by molar-refractivity contribution is 5.90. The average Bonchev–Trinajstić information content (AvgIpc) is 2.74. The SMILES string of the molecule is CCn1cc(C(N)C(=O)O)c2ccc(C(F)(F)F)cc21. The number of aromatic nitrogens is 1. The summed E-state index contributed by atoms with van der Waals surface area (Å²) in [6.07, 6.45) is -2.95. The topological polar surface area (TPSA) is 68.2 Å². The monoisotopic (exact) mass is 286 g/mol. The van der Waals surface area contributed by atoms with Crippen LogP contribution in [0.4, 0.5) is 13.2 Å². The van der Waals surface area contributed by atoms with Crippen LogP contribution >= 0.6 is 0 Å². The second-order valence-electron chi connectivity index (χ2n) is 4.42. The van der Waals surface area contributed by atoms with Gasteiger partial charge in [0.1, 0.15) is 6.04 Å². The van der Waals surface area contributed by atoms with E-state index in [1.807, 2.05) is 0 Å². The van der Waals surface area contributed by atoms with Crippen molar-refractivity contribution in [2.75, 3.05) is 0 Å². The zero-order chi connectivity index (χ0) is 15.1. The van der Waals surface area contributed by atoms with Gasteiger partial charge in [0.05, 0.1) is 5.56 Å². The van der Waals surface area contributed by atoms with E-state index < -0.39 is 23.8 Å². The molecule has 2 rings (SSSR count). The number of halogens is 3. The van der Waals surface area contributed by atoms with Crippen molar-refractivity contribution in [3.63, 3.8) is 0 Å². The minimum Gasteiger partial charge on any atom is -0.480 e. The first kappa shape index (κ1) is 14.4. The van der Waals surface area contributed by atoms with Crippen molar-refractivity contribution >= 4 is 16.9 Å². The Hall–Kier alpha value is -2.02. The van der Waals surface area contributed by atoms with Gasteiger partial charge < -0.3 is 15.4 Å². The molecule has 0 saturated carbocycles. The summed E-state index contributed by atoms with van der Waals surface area (Å²) in [6.45, 7) is 2.18.